The van der Waals surface area contributed by atoms with Gasteiger partial charge in [0, 0.05) is 12.6 Å². The van der Waals surface area contributed by atoms with Crippen LogP contribution in [0, 0.1) is 22.7 Å². The zero-order chi connectivity index (χ0) is 15.8. The van der Waals surface area contributed by atoms with Crippen molar-refractivity contribution < 1.29 is 14.7 Å². The Morgan fingerprint density at radius 3 is 2.19 bits per heavy atom. The summed E-state index contributed by atoms with van der Waals surface area (Å²) in [6, 6.07) is -0.0000104. The van der Waals surface area contributed by atoms with Crippen molar-refractivity contribution in [3.05, 3.63) is 0 Å². The number of amides is 2. The smallest absolute Gasteiger partial charge is 0.315 e. The zero-order valence-electron chi connectivity index (χ0n) is 13.5. The van der Waals surface area contributed by atoms with Crippen molar-refractivity contribution in [1.29, 1.82) is 0 Å². The zero-order valence-corrected chi connectivity index (χ0v) is 13.5. The largest absolute Gasteiger partial charge is 0.481 e. The molecule has 0 radical (unpaired) electrons. The molecule has 2 fully saturated rings. The Bertz CT molecular complexity index is 417. The Labute approximate surface area is 126 Å². The highest BCUT2D eigenvalue weighted by molar-refractivity contribution is 5.75. The summed E-state index contributed by atoms with van der Waals surface area (Å²) in [6.45, 7) is 9.06. The van der Waals surface area contributed by atoms with Crippen LogP contribution in [-0.4, -0.2) is 29.7 Å². The van der Waals surface area contributed by atoms with Gasteiger partial charge in [-0.25, -0.2) is 4.79 Å². The molecular formula is C16H28N2O3. The maximum absolute atomic E-state index is 12.0. The van der Waals surface area contributed by atoms with Crippen molar-refractivity contribution in [1.82, 2.24) is 10.6 Å². The third-order valence-corrected chi connectivity index (χ3v) is 6.05. The molecule has 0 heterocycles. The molecule has 0 bridgehead atoms. The summed E-state index contributed by atoms with van der Waals surface area (Å²) < 4.78 is 0. The van der Waals surface area contributed by atoms with Gasteiger partial charge >= 0.3 is 12.0 Å². The summed E-state index contributed by atoms with van der Waals surface area (Å²) in [7, 11) is 0. The van der Waals surface area contributed by atoms with Crippen LogP contribution in [0.5, 0.6) is 0 Å². The van der Waals surface area contributed by atoms with Gasteiger partial charge in [-0.1, -0.05) is 40.5 Å². The molecule has 2 unspecified atom stereocenters. The second-order valence-corrected chi connectivity index (χ2v) is 7.72. The Morgan fingerprint density at radius 1 is 1.10 bits per heavy atom. The van der Waals surface area contributed by atoms with Crippen LogP contribution in [0.1, 0.15) is 53.4 Å². The van der Waals surface area contributed by atoms with Crippen LogP contribution < -0.4 is 10.6 Å². The van der Waals surface area contributed by atoms with Crippen molar-refractivity contribution in [2.24, 2.45) is 22.7 Å². The predicted octanol–water partition coefficient (Wildman–Crippen LogP) is 2.61. The molecule has 5 heteroatoms. The molecule has 21 heavy (non-hydrogen) atoms. The number of aliphatic carboxylic acids is 1. The highest BCUT2D eigenvalue weighted by Gasteiger charge is 2.65. The van der Waals surface area contributed by atoms with Crippen molar-refractivity contribution in [2.75, 3.05) is 6.54 Å². The Kier molecular flexibility index (Phi) is 4.22. The van der Waals surface area contributed by atoms with Crippen LogP contribution in [0.4, 0.5) is 4.79 Å². The molecule has 2 saturated carbocycles. The first-order chi connectivity index (χ1) is 9.68. The van der Waals surface area contributed by atoms with E-state index in [1.807, 2.05) is 0 Å². The van der Waals surface area contributed by atoms with Crippen LogP contribution in [0.25, 0.3) is 0 Å². The van der Waals surface area contributed by atoms with E-state index in [0.717, 1.165) is 25.7 Å². The van der Waals surface area contributed by atoms with E-state index >= 15 is 0 Å². The lowest BCUT2D eigenvalue weighted by Gasteiger charge is -2.28. The summed E-state index contributed by atoms with van der Waals surface area (Å²) in [5, 5.41) is 15.1. The van der Waals surface area contributed by atoms with E-state index in [9.17, 15) is 14.7 Å². The van der Waals surface area contributed by atoms with Crippen LogP contribution in [0.2, 0.25) is 0 Å². The quantitative estimate of drug-likeness (QED) is 0.746. The normalized spacial score (nSPS) is 30.5. The minimum Gasteiger partial charge on any atom is -0.481 e. The molecule has 0 aliphatic heterocycles. The molecule has 0 aromatic rings. The Balaban J connectivity index is 1.80. The number of carbonyl (C=O) groups excluding carboxylic acids is 1. The number of hydrogen-bond donors (Lipinski definition) is 3. The van der Waals surface area contributed by atoms with Gasteiger partial charge < -0.3 is 15.7 Å². The summed E-state index contributed by atoms with van der Waals surface area (Å²) in [5.74, 6) is -0.985. The molecule has 0 saturated heterocycles. The van der Waals surface area contributed by atoms with Gasteiger partial charge in [0.2, 0.25) is 0 Å². The first-order valence-electron chi connectivity index (χ1n) is 7.95. The molecule has 3 N–H and O–H groups in total. The van der Waals surface area contributed by atoms with Crippen LogP contribution in [0.3, 0.4) is 0 Å². The molecular weight excluding hydrogens is 268 g/mol. The number of rotatable bonds is 4. The average molecular weight is 296 g/mol. The second-order valence-electron chi connectivity index (χ2n) is 7.72. The van der Waals surface area contributed by atoms with Crippen molar-refractivity contribution in [3.8, 4) is 0 Å². The molecule has 2 aliphatic carbocycles. The van der Waals surface area contributed by atoms with Crippen LogP contribution in [-0.2, 0) is 4.79 Å². The van der Waals surface area contributed by atoms with Gasteiger partial charge in [-0.15, -0.1) is 0 Å². The average Bonchev–Trinajstić information content (AvgIpc) is 2.79. The summed E-state index contributed by atoms with van der Waals surface area (Å²) >= 11 is 0. The fourth-order valence-corrected chi connectivity index (χ4v) is 3.74. The number of nitrogens with one attached hydrogen (secondary N) is 2. The Morgan fingerprint density at radius 2 is 1.67 bits per heavy atom. The maximum atomic E-state index is 12.0. The third-order valence-electron chi connectivity index (χ3n) is 6.05. The number of carbonyl (C=O) groups is 2. The highest BCUT2D eigenvalue weighted by Crippen LogP contribution is 2.62. The lowest BCUT2D eigenvalue weighted by molar-refractivity contribution is -0.144. The Hall–Kier alpha value is -1.26. The van der Waals surface area contributed by atoms with E-state index in [4.69, 9.17) is 0 Å². The van der Waals surface area contributed by atoms with Gasteiger partial charge in [-0.3, -0.25) is 4.79 Å². The monoisotopic (exact) mass is 296 g/mol. The predicted molar refractivity (Wildman–Crippen MR) is 81.0 cm³/mol. The van der Waals surface area contributed by atoms with E-state index < -0.39 is 5.97 Å². The van der Waals surface area contributed by atoms with Crippen LogP contribution >= 0.6 is 0 Å². The summed E-state index contributed by atoms with van der Waals surface area (Å²) in [4.78, 5) is 23.3. The van der Waals surface area contributed by atoms with E-state index in [1.54, 1.807) is 0 Å². The lowest BCUT2D eigenvalue weighted by atomic mass is 9.79. The van der Waals surface area contributed by atoms with Crippen molar-refractivity contribution in [2.45, 2.75) is 59.4 Å². The first kappa shape index (κ1) is 16.1. The molecule has 0 spiro atoms. The topological polar surface area (TPSA) is 78.4 Å². The summed E-state index contributed by atoms with van der Waals surface area (Å²) in [6.07, 6.45) is 3.65. The van der Waals surface area contributed by atoms with Gasteiger partial charge in [-0.05, 0) is 29.6 Å². The molecule has 0 aromatic carbocycles. The van der Waals surface area contributed by atoms with Crippen LogP contribution in [0.15, 0.2) is 0 Å². The number of urea groups is 1. The summed E-state index contributed by atoms with van der Waals surface area (Å²) in [5.41, 5.74) is 0.220. The molecule has 5 nitrogen and oxygen atoms in total. The fraction of sp³-hybridized carbons (Fsp3) is 0.875. The SMILES string of the molecule is CC1(C)C(NC(=O)NCC2CCCCC2C(=O)O)C1(C)C. The molecule has 2 amide bonds. The fourth-order valence-electron chi connectivity index (χ4n) is 3.74. The van der Waals surface area contributed by atoms with Gasteiger partial charge in [0.05, 0.1) is 5.92 Å². The van der Waals surface area contributed by atoms with E-state index in [0.29, 0.717) is 6.54 Å². The second kappa shape index (κ2) is 5.50. The van der Waals surface area contributed by atoms with Crippen molar-refractivity contribution >= 4 is 12.0 Å². The number of carboxylic acids is 1. The lowest BCUT2D eigenvalue weighted by Crippen LogP contribution is -2.43. The molecule has 120 valence electrons. The van der Waals surface area contributed by atoms with Crippen molar-refractivity contribution in [3.63, 3.8) is 0 Å². The third kappa shape index (κ3) is 3.01. The maximum Gasteiger partial charge on any atom is 0.315 e. The molecule has 2 rings (SSSR count). The van der Waals surface area contributed by atoms with Gasteiger partial charge in [0.1, 0.15) is 0 Å². The van der Waals surface area contributed by atoms with Gasteiger partial charge in [0.25, 0.3) is 0 Å². The molecule has 2 aliphatic rings. The van der Waals surface area contributed by atoms with Gasteiger partial charge in [0.15, 0.2) is 0 Å². The first-order valence-corrected chi connectivity index (χ1v) is 7.95. The number of carboxylic acid groups (broad SMARTS) is 1. The van der Waals surface area contributed by atoms with E-state index in [-0.39, 0.29) is 34.7 Å². The minimum atomic E-state index is -0.730. The van der Waals surface area contributed by atoms with E-state index in [2.05, 4.69) is 38.3 Å². The minimum absolute atomic E-state index is 0.0576. The van der Waals surface area contributed by atoms with Gasteiger partial charge in [-0.2, -0.15) is 0 Å². The molecule has 2 atom stereocenters. The molecule has 0 aromatic heterocycles. The van der Waals surface area contributed by atoms with E-state index in [1.165, 1.54) is 0 Å². The highest BCUT2D eigenvalue weighted by atomic mass is 16.4. The standard InChI is InChI=1S/C16H28N2O3/c1-15(2)13(16(15,3)4)18-14(21)17-9-10-7-5-6-8-11(10)12(19)20/h10-11,13H,5-9H2,1-4H3,(H,19,20)(H2,17,18,21). The number of hydrogen-bond acceptors (Lipinski definition) is 2.